The number of benzene rings is 2. The number of nitrogens with zero attached hydrogens (tertiary/aromatic N) is 1. The van der Waals surface area contributed by atoms with Crippen LogP contribution in [0, 0.1) is 17.1 Å². The number of aliphatic hydroxyl groups excluding tert-OH is 1. The van der Waals surface area contributed by atoms with Crippen LogP contribution >= 0.6 is 0 Å². The molecular formula is C15H10FNO2. The Morgan fingerprint density at radius 2 is 1.95 bits per heavy atom. The first-order valence-electron chi connectivity index (χ1n) is 5.58. The summed E-state index contributed by atoms with van der Waals surface area (Å²) >= 11 is 0. The SMILES string of the molecule is N#Cc1ccc(-c2cc(C=O)c(CO)cc2F)cc1. The van der Waals surface area contributed by atoms with Gasteiger partial charge in [-0.3, -0.25) is 4.79 Å². The van der Waals surface area contributed by atoms with E-state index >= 15 is 0 Å². The number of hydrogen-bond donors (Lipinski definition) is 1. The van der Waals surface area contributed by atoms with Gasteiger partial charge in [-0.15, -0.1) is 0 Å². The zero-order chi connectivity index (χ0) is 13.8. The molecule has 0 atom stereocenters. The van der Waals surface area contributed by atoms with Crippen LogP contribution in [0.4, 0.5) is 4.39 Å². The van der Waals surface area contributed by atoms with Crippen LogP contribution in [0.1, 0.15) is 21.5 Å². The Morgan fingerprint density at radius 3 is 2.47 bits per heavy atom. The van der Waals surface area contributed by atoms with E-state index in [9.17, 15) is 9.18 Å². The summed E-state index contributed by atoms with van der Waals surface area (Å²) < 4.78 is 13.9. The van der Waals surface area contributed by atoms with E-state index < -0.39 is 12.4 Å². The second-order valence-electron chi connectivity index (χ2n) is 4.00. The minimum absolute atomic E-state index is 0.253. The molecule has 0 radical (unpaired) electrons. The lowest BCUT2D eigenvalue weighted by Crippen LogP contribution is -1.96. The molecule has 0 aliphatic heterocycles. The summed E-state index contributed by atoms with van der Waals surface area (Å²) in [5.74, 6) is -0.514. The Labute approximate surface area is 109 Å². The molecule has 4 heteroatoms. The fraction of sp³-hybridized carbons (Fsp3) is 0.0667. The Kier molecular flexibility index (Phi) is 3.69. The molecule has 0 unspecified atom stereocenters. The molecule has 19 heavy (non-hydrogen) atoms. The van der Waals surface area contributed by atoms with Gasteiger partial charge >= 0.3 is 0 Å². The van der Waals surface area contributed by atoms with E-state index in [4.69, 9.17) is 10.4 Å². The quantitative estimate of drug-likeness (QED) is 0.858. The van der Waals surface area contributed by atoms with Gasteiger partial charge in [0.05, 0.1) is 18.2 Å². The zero-order valence-corrected chi connectivity index (χ0v) is 9.93. The fourth-order valence-corrected chi connectivity index (χ4v) is 1.82. The predicted molar refractivity (Wildman–Crippen MR) is 67.9 cm³/mol. The van der Waals surface area contributed by atoms with E-state index in [0.717, 1.165) is 6.07 Å². The third-order valence-corrected chi connectivity index (χ3v) is 2.85. The molecule has 2 aromatic rings. The zero-order valence-electron chi connectivity index (χ0n) is 9.93. The predicted octanol–water partition coefficient (Wildman–Crippen LogP) is 2.67. The van der Waals surface area contributed by atoms with Gasteiger partial charge < -0.3 is 5.11 Å². The molecule has 0 spiro atoms. The van der Waals surface area contributed by atoms with Crippen molar-refractivity contribution in [1.82, 2.24) is 0 Å². The van der Waals surface area contributed by atoms with Crippen molar-refractivity contribution in [3.8, 4) is 17.2 Å². The second kappa shape index (κ2) is 5.42. The number of rotatable bonds is 3. The number of halogens is 1. The van der Waals surface area contributed by atoms with Gasteiger partial charge in [0.15, 0.2) is 0 Å². The lowest BCUT2D eigenvalue weighted by molar-refractivity contribution is 0.112. The van der Waals surface area contributed by atoms with E-state index in [1.807, 2.05) is 6.07 Å². The molecule has 0 aliphatic carbocycles. The number of hydrogen-bond acceptors (Lipinski definition) is 3. The van der Waals surface area contributed by atoms with Crippen LogP contribution in [0.25, 0.3) is 11.1 Å². The molecule has 0 saturated heterocycles. The van der Waals surface area contributed by atoms with Crippen LogP contribution in [0.3, 0.4) is 0 Å². The summed E-state index contributed by atoms with van der Waals surface area (Å²) in [7, 11) is 0. The summed E-state index contributed by atoms with van der Waals surface area (Å²) in [5.41, 5.74) is 1.83. The first kappa shape index (κ1) is 12.9. The van der Waals surface area contributed by atoms with Crippen LogP contribution in [0.2, 0.25) is 0 Å². The maximum Gasteiger partial charge on any atom is 0.150 e. The molecule has 0 amide bonds. The highest BCUT2D eigenvalue weighted by molar-refractivity contribution is 5.81. The highest BCUT2D eigenvalue weighted by Gasteiger charge is 2.10. The van der Waals surface area contributed by atoms with Gasteiger partial charge in [0.2, 0.25) is 0 Å². The summed E-state index contributed by atoms with van der Waals surface area (Å²) in [5, 5.41) is 17.7. The Bertz CT molecular complexity index is 657. The van der Waals surface area contributed by atoms with Crippen molar-refractivity contribution in [2.45, 2.75) is 6.61 Å². The standard InChI is InChI=1S/C15H10FNO2/c16-15-6-13(9-19)12(8-18)5-14(15)11-3-1-10(7-17)2-4-11/h1-6,8,19H,9H2. The molecule has 0 fully saturated rings. The van der Waals surface area contributed by atoms with E-state index in [1.54, 1.807) is 24.3 Å². The van der Waals surface area contributed by atoms with E-state index in [0.29, 0.717) is 17.4 Å². The number of carbonyl (C=O) groups excluding carboxylic acids is 1. The van der Waals surface area contributed by atoms with Crippen LogP contribution in [-0.2, 0) is 6.61 Å². The molecule has 0 heterocycles. The Hall–Kier alpha value is -2.51. The maximum atomic E-state index is 13.9. The molecule has 2 aromatic carbocycles. The van der Waals surface area contributed by atoms with Crippen molar-refractivity contribution in [3.63, 3.8) is 0 Å². The molecule has 0 bridgehead atoms. The van der Waals surface area contributed by atoms with Gasteiger partial charge in [-0.2, -0.15) is 5.26 Å². The van der Waals surface area contributed by atoms with Gasteiger partial charge in [0.25, 0.3) is 0 Å². The van der Waals surface area contributed by atoms with E-state index in [-0.39, 0.29) is 16.7 Å². The smallest absolute Gasteiger partial charge is 0.150 e. The first-order chi connectivity index (χ1) is 9.19. The van der Waals surface area contributed by atoms with Gasteiger partial charge in [0.1, 0.15) is 12.1 Å². The van der Waals surface area contributed by atoms with Crippen LogP contribution < -0.4 is 0 Å². The molecule has 94 valence electrons. The first-order valence-corrected chi connectivity index (χ1v) is 5.58. The summed E-state index contributed by atoms with van der Waals surface area (Å²) in [4.78, 5) is 10.9. The maximum absolute atomic E-state index is 13.9. The molecule has 1 N–H and O–H groups in total. The van der Waals surface area contributed by atoms with Crippen LogP contribution in [0.15, 0.2) is 36.4 Å². The number of nitriles is 1. The normalized spacial score (nSPS) is 9.95. The highest BCUT2D eigenvalue weighted by atomic mass is 19.1. The van der Waals surface area contributed by atoms with Gasteiger partial charge in [-0.05, 0) is 35.4 Å². The number of carbonyl (C=O) groups is 1. The van der Waals surface area contributed by atoms with Gasteiger partial charge in [-0.1, -0.05) is 12.1 Å². The number of aldehydes is 1. The summed E-state index contributed by atoms with van der Waals surface area (Å²) in [6.45, 7) is -0.390. The number of aliphatic hydroxyl groups is 1. The van der Waals surface area contributed by atoms with Crippen molar-refractivity contribution in [2.24, 2.45) is 0 Å². The van der Waals surface area contributed by atoms with Crippen molar-refractivity contribution >= 4 is 6.29 Å². The minimum atomic E-state index is -0.514. The molecule has 0 aliphatic rings. The van der Waals surface area contributed by atoms with Crippen molar-refractivity contribution in [2.75, 3.05) is 0 Å². The average Bonchev–Trinajstić information content (AvgIpc) is 2.47. The summed E-state index contributed by atoms with van der Waals surface area (Å²) in [6, 6.07) is 10.9. The van der Waals surface area contributed by atoms with Crippen molar-refractivity contribution in [1.29, 1.82) is 5.26 Å². The second-order valence-corrected chi connectivity index (χ2v) is 4.00. The van der Waals surface area contributed by atoms with E-state index in [1.165, 1.54) is 6.07 Å². The van der Waals surface area contributed by atoms with Gasteiger partial charge in [0, 0.05) is 11.1 Å². The van der Waals surface area contributed by atoms with Gasteiger partial charge in [-0.25, -0.2) is 4.39 Å². The van der Waals surface area contributed by atoms with Crippen LogP contribution in [-0.4, -0.2) is 11.4 Å². The third kappa shape index (κ3) is 2.51. The minimum Gasteiger partial charge on any atom is -0.392 e. The third-order valence-electron chi connectivity index (χ3n) is 2.85. The van der Waals surface area contributed by atoms with Crippen molar-refractivity contribution < 1.29 is 14.3 Å². The molecule has 0 saturated carbocycles. The van der Waals surface area contributed by atoms with Crippen LogP contribution in [0.5, 0.6) is 0 Å². The topological polar surface area (TPSA) is 61.1 Å². The molecule has 0 aromatic heterocycles. The monoisotopic (exact) mass is 255 g/mol. The largest absolute Gasteiger partial charge is 0.392 e. The average molecular weight is 255 g/mol. The molecular weight excluding hydrogens is 245 g/mol. The summed E-state index contributed by atoms with van der Waals surface area (Å²) in [6.07, 6.45) is 0.581. The lowest BCUT2D eigenvalue weighted by Gasteiger charge is -2.08. The molecule has 2 rings (SSSR count). The molecule has 3 nitrogen and oxygen atoms in total. The van der Waals surface area contributed by atoms with E-state index in [2.05, 4.69) is 0 Å². The Balaban J connectivity index is 2.55. The fourth-order valence-electron chi connectivity index (χ4n) is 1.82. The highest BCUT2D eigenvalue weighted by Crippen LogP contribution is 2.26. The lowest BCUT2D eigenvalue weighted by atomic mass is 9.98. The Morgan fingerprint density at radius 1 is 1.26 bits per heavy atom. The van der Waals surface area contributed by atoms with Crippen molar-refractivity contribution in [3.05, 3.63) is 58.9 Å².